The number of carbonyl (C=O) groups excluding carboxylic acids is 1. The van der Waals surface area contributed by atoms with Gasteiger partial charge in [-0.3, -0.25) is 4.79 Å². The number of halogens is 1. The highest BCUT2D eigenvalue weighted by atomic mass is 35.5. The van der Waals surface area contributed by atoms with Gasteiger partial charge in [0, 0.05) is 23.7 Å². The molecule has 19 heavy (non-hydrogen) atoms. The zero-order chi connectivity index (χ0) is 14.3. The Bertz CT molecular complexity index is 434. The fourth-order valence-corrected chi connectivity index (χ4v) is 1.68. The maximum absolute atomic E-state index is 11.6. The molecule has 0 aliphatic rings. The van der Waals surface area contributed by atoms with Crippen LogP contribution >= 0.6 is 11.6 Å². The lowest BCUT2D eigenvalue weighted by atomic mass is 10.0. The van der Waals surface area contributed by atoms with Crippen LogP contribution in [0.25, 0.3) is 0 Å². The summed E-state index contributed by atoms with van der Waals surface area (Å²) in [5, 5.41) is 14.6. The standard InChI is InChI=1S/C13H17ClN2O3/c1-2-9(7-12(17)18)8-15-13(19)16-11-5-3-10(14)4-6-11/h3-6,9H,2,7-8H2,1H3,(H,17,18)(H2,15,16,19). The molecule has 0 saturated heterocycles. The van der Waals surface area contributed by atoms with Crippen LogP contribution in [-0.2, 0) is 4.79 Å². The van der Waals surface area contributed by atoms with Gasteiger partial charge in [0.2, 0.25) is 0 Å². The Morgan fingerprint density at radius 3 is 2.47 bits per heavy atom. The first-order chi connectivity index (χ1) is 9.01. The molecule has 1 aromatic rings. The van der Waals surface area contributed by atoms with Crippen molar-refractivity contribution in [2.75, 3.05) is 11.9 Å². The third-order valence-corrected chi connectivity index (χ3v) is 2.95. The first kappa shape index (κ1) is 15.3. The Labute approximate surface area is 117 Å². The summed E-state index contributed by atoms with van der Waals surface area (Å²) in [6.07, 6.45) is 0.755. The van der Waals surface area contributed by atoms with Gasteiger partial charge in [-0.15, -0.1) is 0 Å². The molecule has 2 amide bonds. The van der Waals surface area contributed by atoms with Crippen molar-refractivity contribution in [2.45, 2.75) is 19.8 Å². The molecule has 104 valence electrons. The topological polar surface area (TPSA) is 78.4 Å². The monoisotopic (exact) mass is 284 g/mol. The Morgan fingerprint density at radius 2 is 1.95 bits per heavy atom. The van der Waals surface area contributed by atoms with E-state index in [-0.39, 0.29) is 18.4 Å². The minimum atomic E-state index is -0.855. The number of amides is 2. The molecule has 0 spiro atoms. The quantitative estimate of drug-likeness (QED) is 0.751. The molecule has 0 aromatic heterocycles. The SMILES string of the molecule is CCC(CNC(=O)Nc1ccc(Cl)cc1)CC(=O)O. The minimum Gasteiger partial charge on any atom is -0.481 e. The molecule has 0 aliphatic carbocycles. The molecule has 0 radical (unpaired) electrons. The van der Waals surface area contributed by atoms with Crippen molar-refractivity contribution in [2.24, 2.45) is 5.92 Å². The number of aliphatic carboxylic acids is 1. The molecule has 1 unspecified atom stereocenters. The van der Waals surface area contributed by atoms with Crippen LogP contribution in [0.4, 0.5) is 10.5 Å². The van der Waals surface area contributed by atoms with E-state index in [1.165, 1.54) is 0 Å². The van der Waals surface area contributed by atoms with Crippen LogP contribution < -0.4 is 10.6 Å². The summed E-state index contributed by atoms with van der Waals surface area (Å²) in [6.45, 7) is 2.23. The van der Waals surface area contributed by atoms with E-state index < -0.39 is 5.97 Å². The van der Waals surface area contributed by atoms with E-state index in [0.29, 0.717) is 23.7 Å². The van der Waals surface area contributed by atoms with Crippen molar-refractivity contribution in [3.05, 3.63) is 29.3 Å². The maximum atomic E-state index is 11.6. The molecule has 0 fully saturated rings. The van der Waals surface area contributed by atoms with Gasteiger partial charge in [0.05, 0.1) is 0 Å². The van der Waals surface area contributed by atoms with Crippen LogP contribution in [0, 0.1) is 5.92 Å². The second-order valence-electron chi connectivity index (χ2n) is 4.21. The van der Waals surface area contributed by atoms with Gasteiger partial charge in [0.1, 0.15) is 0 Å². The number of carboxylic acids is 1. The molecular weight excluding hydrogens is 268 g/mol. The van der Waals surface area contributed by atoms with Crippen LogP contribution in [0.15, 0.2) is 24.3 Å². The number of benzene rings is 1. The zero-order valence-electron chi connectivity index (χ0n) is 10.6. The molecule has 3 N–H and O–H groups in total. The molecule has 1 atom stereocenters. The van der Waals surface area contributed by atoms with E-state index >= 15 is 0 Å². The average molecular weight is 285 g/mol. The summed E-state index contributed by atoms with van der Waals surface area (Å²) in [6, 6.07) is 6.38. The van der Waals surface area contributed by atoms with E-state index in [0.717, 1.165) is 0 Å². The summed E-state index contributed by atoms with van der Waals surface area (Å²) in [4.78, 5) is 22.2. The van der Waals surface area contributed by atoms with Crippen molar-refractivity contribution in [3.8, 4) is 0 Å². The number of hydrogen-bond donors (Lipinski definition) is 3. The Hall–Kier alpha value is -1.75. The van der Waals surface area contributed by atoms with Crippen molar-refractivity contribution in [1.29, 1.82) is 0 Å². The maximum Gasteiger partial charge on any atom is 0.319 e. The molecular formula is C13H17ClN2O3. The highest BCUT2D eigenvalue weighted by Gasteiger charge is 2.12. The number of carbonyl (C=O) groups is 2. The van der Waals surface area contributed by atoms with Gasteiger partial charge >= 0.3 is 12.0 Å². The number of nitrogens with one attached hydrogen (secondary N) is 2. The molecule has 1 aromatic carbocycles. The highest BCUT2D eigenvalue weighted by Crippen LogP contribution is 2.13. The van der Waals surface area contributed by atoms with Gasteiger partial charge in [-0.05, 0) is 30.2 Å². The molecule has 0 aliphatic heterocycles. The molecule has 1 rings (SSSR count). The van der Waals surface area contributed by atoms with Gasteiger partial charge in [-0.2, -0.15) is 0 Å². The average Bonchev–Trinajstić information content (AvgIpc) is 2.37. The molecule has 6 heteroatoms. The van der Waals surface area contributed by atoms with E-state index in [1.807, 2.05) is 6.92 Å². The summed E-state index contributed by atoms with van der Waals surface area (Å²) >= 11 is 5.73. The molecule has 0 saturated carbocycles. The third-order valence-electron chi connectivity index (χ3n) is 2.69. The zero-order valence-corrected chi connectivity index (χ0v) is 11.4. The molecule has 0 bridgehead atoms. The number of anilines is 1. The Kier molecular flexibility index (Phi) is 6.15. The lowest BCUT2D eigenvalue weighted by Crippen LogP contribution is -2.33. The third kappa shape index (κ3) is 6.10. The highest BCUT2D eigenvalue weighted by molar-refractivity contribution is 6.30. The van der Waals surface area contributed by atoms with E-state index in [9.17, 15) is 9.59 Å². The van der Waals surface area contributed by atoms with E-state index in [4.69, 9.17) is 16.7 Å². The molecule has 0 heterocycles. The van der Waals surface area contributed by atoms with Crippen LogP contribution in [-0.4, -0.2) is 23.7 Å². The second kappa shape index (κ2) is 7.63. The lowest BCUT2D eigenvalue weighted by molar-refractivity contribution is -0.138. The number of urea groups is 1. The van der Waals surface area contributed by atoms with Crippen molar-refractivity contribution >= 4 is 29.3 Å². The van der Waals surface area contributed by atoms with Gasteiger partial charge < -0.3 is 15.7 Å². The predicted octanol–water partition coefficient (Wildman–Crippen LogP) is 2.96. The Balaban J connectivity index is 2.38. The van der Waals surface area contributed by atoms with Gasteiger partial charge in [-0.1, -0.05) is 24.9 Å². The van der Waals surface area contributed by atoms with Crippen LogP contribution in [0.1, 0.15) is 19.8 Å². The second-order valence-corrected chi connectivity index (χ2v) is 4.65. The summed E-state index contributed by atoms with van der Waals surface area (Å²) in [5.41, 5.74) is 0.633. The lowest BCUT2D eigenvalue weighted by Gasteiger charge is -2.14. The van der Waals surface area contributed by atoms with Gasteiger partial charge in [0.15, 0.2) is 0 Å². The van der Waals surface area contributed by atoms with Crippen LogP contribution in [0.3, 0.4) is 0 Å². The summed E-state index contributed by atoms with van der Waals surface area (Å²) < 4.78 is 0. The fourth-order valence-electron chi connectivity index (χ4n) is 1.55. The number of carboxylic acid groups (broad SMARTS) is 1. The van der Waals surface area contributed by atoms with Crippen molar-refractivity contribution < 1.29 is 14.7 Å². The first-order valence-corrected chi connectivity index (χ1v) is 6.41. The van der Waals surface area contributed by atoms with Crippen LogP contribution in [0.2, 0.25) is 5.02 Å². The van der Waals surface area contributed by atoms with Gasteiger partial charge in [-0.25, -0.2) is 4.79 Å². The predicted molar refractivity (Wildman–Crippen MR) is 74.5 cm³/mol. The van der Waals surface area contributed by atoms with E-state index in [1.54, 1.807) is 24.3 Å². The smallest absolute Gasteiger partial charge is 0.319 e. The van der Waals surface area contributed by atoms with Gasteiger partial charge in [0.25, 0.3) is 0 Å². The molecule has 5 nitrogen and oxygen atoms in total. The van der Waals surface area contributed by atoms with E-state index in [2.05, 4.69) is 10.6 Å². The van der Waals surface area contributed by atoms with Crippen LogP contribution in [0.5, 0.6) is 0 Å². The van der Waals surface area contributed by atoms with Crippen molar-refractivity contribution in [1.82, 2.24) is 5.32 Å². The first-order valence-electron chi connectivity index (χ1n) is 6.03. The minimum absolute atomic E-state index is 0.0533. The summed E-state index contributed by atoms with van der Waals surface area (Å²) in [5.74, 6) is -0.916. The Morgan fingerprint density at radius 1 is 1.32 bits per heavy atom. The number of rotatable bonds is 6. The largest absolute Gasteiger partial charge is 0.481 e. The fraction of sp³-hybridized carbons (Fsp3) is 0.385. The summed E-state index contributed by atoms with van der Waals surface area (Å²) in [7, 11) is 0. The number of hydrogen-bond acceptors (Lipinski definition) is 2. The van der Waals surface area contributed by atoms with Crippen molar-refractivity contribution in [3.63, 3.8) is 0 Å². The normalized spacial score (nSPS) is 11.7.